The van der Waals surface area contributed by atoms with Gasteiger partial charge in [-0.15, -0.1) is 11.8 Å². The molecule has 0 heterocycles. The molecule has 1 atom stereocenters. The number of hydrogen-bond acceptors (Lipinski definition) is 3. The molecule has 4 nitrogen and oxygen atoms in total. The maximum atomic E-state index is 13.2. The quantitative estimate of drug-likeness (QED) is 0.502. The number of hydrogen-bond donors (Lipinski definition) is 1. The molecule has 2 amide bonds. The van der Waals surface area contributed by atoms with Crippen LogP contribution in [0.5, 0.6) is 0 Å². The zero-order valence-electron chi connectivity index (χ0n) is 17.7. The number of rotatable bonds is 9. The number of amides is 2. The average Bonchev–Trinajstić information content (AvgIpc) is 3.25. The van der Waals surface area contributed by atoms with Crippen LogP contribution in [0.2, 0.25) is 10.0 Å². The van der Waals surface area contributed by atoms with Gasteiger partial charge in [-0.3, -0.25) is 9.59 Å². The van der Waals surface area contributed by atoms with Gasteiger partial charge in [0.25, 0.3) is 0 Å². The molecule has 0 aliphatic heterocycles. The zero-order chi connectivity index (χ0) is 22.2. The lowest BCUT2D eigenvalue weighted by molar-refractivity contribution is -0.138. The van der Waals surface area contributed by atoms with Crippen molar-refractivity contribution in [3.63, 3.8) is 0 Å². The van der Waals surface area contributed by atoms with Crippen LogP contribution in [0, 0.1) is 0 Å². The molecule has 0 spiro atoms. The van der Waals surface area contributed by atoms with E-state index >= 15 is 0 Å². The summed E-state index contributed by atoms with van der Waals surface area (Å²) in [5.41, 5.74) is 1.90. The van der Waals surface area contributed by atoms with E-state index in [0.717, 1.165) is 36.8 Å². The molecule has 0 unspecified atom stereocenters. The third-order valence-corrected chi connectivity index (χ3v) is 7.14. The van der Waals surface area contributed by atoms with Gasteiger partial charge in [0.2, 0.25) is 11.8 Å². The number of nitrogens with one attached hydrogen (secondary N) is 1. The summed E-state index contributed by atoms with van der Waals surface area (Å²) in [6.07, 6.45) is 4.29. The van der Waals surface area contributed by atoms with Crippen LogP contribution in [-0.2, 0) is 21.9 Å². The molecular formula is C24H28Cl2N2O2S. The van der Waals surface area contributed by atoms with E-state index in [9.17, 15) is 9.59 Å². The molecule has 1 aliphatic rings. The fourth-order valence-electron chi connectivity index (χ4n) is 3.75. The predicted octanol–water partition coefficient (Wildman–Crippen LogP) is 5.70. The van der Waals surface area contributed by atoms with Gasteiger partial charge >= 0.3 is 0 Å². The molecule has 7 heteroatoms. The van der Waals surface area contributed by atoms with E-state index in [1.165, 1.54) is 11.8 Å². The maximum absolute atomic E-state index is 13.2. The first kappa shape index (κ1) is 24.0. The van der Waals surface area contributed by atoms with Crippen molar-refractivity contribution in [3.05, 3.63) is 69.7 Å². The molecule has 0 bridgehead atoms. The molecule has 1 aliphatic carbocycles. The van der Waals surface area contributed by atoms with Crippen molar-refractivity contribution in [1.29, 1.82) is 0 Å². The number of carbonyl (C=O) groups excluding carboxylic acids is 2. The van der Waals surface area contributed by atoms with Crippen LogP contribution in [0.25, 0.3) is 0 Å². The van der Waals surface area contributed by atoms with Crippen molar-refractivity contribution in [3.8, 4) is 0 Å². The monoisotopic (exact) mass is 478 g/mol. The molecule has 1 saturated carbocycles. The Morgan fingerprint density at radius 3 is 2.58 bits per heavy atom. The first-order valence-corrected chi connectivity index (χ1v) is 12.5. The molecule has 166 valence electrons. The van der Waals surface area contributed by atoms with Gasteiger partial charge in [-0.2, -0.15) is 0 Å². The summed E-state index contributed by atoms with van der Waals surface area (Å²) in [5.74, 6) is 0.764. The summed E-state index contributed by atoms with van der Waals surface area (Å²) in [7, 11) is 0. The number of benzene rings is 2. The van der Waals surface area contributed by atoms with E-state index < -0.39 is 6.04 Å². The van der Waals surface area contributed by atoms with Gasteiger partial charge in [0.15, 0.2) is 0 Å². The second-order valence-electron chi connectivity index (χ2n) is 7.90. The van der Waals surface area contributed by atoms with E-state index in [1.54, 1.807) is 17.9 Å². The Morgan fingerprint density at radius 1 is 1.13 bits per heavy atom. The van der Waals surface area contributed by atoms with Crippen LogP contribution in [0.3, 0.4) is 0 Å². The molecular weight excluding hydrogens is 451 g/mol. The van der Waals surface area contributed by atoms with Crippen molar-refractivity contribution in [1.82, 2.24) is 10.2 Å². The minimum absolute atomic E-state index is 0.0824. The topological polar surface area (TPSA) is 49.4 Å². The number of halogens is 2. The van der Waals surface area contributed by atoms with Crippen LogP contribution < -0.4 is 5.32 Å². The zero-order valence-corrected chi connectivity index (χ0v) is 20.0. The van der Waals surface area contributed by atoms with E-state index in [-0.39, 0.29) is 23.6 Å². The molecule has 3 rings (SSSR count). The van der Waals surface area contributed by atoms with E-state index in [0.29, 0.717) is 22.3 Å². The number of carbonyl (C=O) groups is 2. The second kappa shape index (κ2) is 11.8. The Balaban J connectivity index is 1.66. The van der Waals surface area contributed by atoms with Crippen molar-refractivity contribution in [2.75, 3.05) is 5.75 Å². The highest BCUT2D eigenvalue weighted by Gasteiger charge is 2.28. The highest BCUT2D eigenvalue weighted by molar-refractivity contribution is 7.99. The molecule has 0 saturated heterocycles. The maximum Gasteiger partial charge on any atom is 0.242 e. The predicted molar refractivity (Wildman–Crippen MR) is 129 cm³/mol. The van der Waals surface area contributed by atoms with Gasteiger partial charge in [-0.05, 0) is 49.1 Å². The first-order valence-electron chi connectivity index (χ1n) is 10.6. The lowest BCUT2D eigenvalue weighted by Crippen LogP contribution is -2.50. The van der Waals surface area contributed by atoms with E-state index in [4.69, 9.17) is 23.2 Å². The minimum Gasteiger partial charge on any atom is -0.352 e. The van der Waals surface area contributed by atoms with Gasteiger partial charge in [0.1, 0.15) is 6.04 Å². The Bertz CT molecular complexity index is 903. The van der Waals surface area contributed by atoms with Crippen LogP contribution in [0.1, 0.15) is 43.7 Å². The van der Waals surface area contributed by atoms with Crippen LogP contribution in [0.4, 0.5) is 0 Å². The lowest BCUT2D eigenvalue weighted by atomic mass is 10.1. The Morgan fingerprint density at radius 2 is 1.87 bits per heavy atom. The van der Waals surface area contributed by atoms with Gasteiger partial charge in [0, 0.05) is 28.4 Å². The van der Waals surface area contributed by atoms with Gasteiger partial charge < -0.3 is 10.2 Å². The smallest absolute Gasteiger partial charge is 0.242 e. The fourth-order valence-corrected chi connectivity index (χ4v) is 5.02. The molecule has 1 N–H and O–H groups in total. The number of thioether (sulfide) groups is 1. The van der Waals surface area contributed by atoms with Crippen molar-refractivity contribution in [2.24, 2.45) is 0 Å². The summed E-state index contributed by atoms with van der Waals surface area (Å²) in [6.45, 7) is 2.09. The first-order chi connectivity index (χ1) is 14.9. The summed E-state index contributed by atoms with van der Waals surface area (Å²) in [6, 6.07) is 14.7. The second-order valence-corrected chi connectivity index (χ2v) is 9.73. The van der Waals surface area contributed by atoms with E-state index in [1.807, 2.05) is 42.5 Å². The summed E-state index contributed by atoms with van der Waals surface area (Å²) >= 11 is 13.9. The molecule has 1 fully saturated rings. The normalized spacial score (nSPS) is 14.9. The van der Waals surface area contributed by atoms with Crippen molar-refractivity contribution < 1.29 is 9.59 Å². The Hall–Kier alpha value is -1.69. The van der Waals surface area contributed by atoms with Crippen molar-refractivity contribution >= 4 is 46.8 Å². The molecule has 2 aromatic rings. The van der Waals surface area contributed by atoms with Crippen LogP contribution in [-0.4, -0.2) is 34.6 Å². The van der Waals surface area contributed by atoms with Crippen LogP contribution >= 0.6 is 35.0 Å². The fraction of sp³-hybridized carbons (Fsp3) is 0.417. The van der Waals surface area contributed by atoms with Gasteiger partial charge in [-0.25, -0.2) is 0 Å². The highest BCUT2D eigenvalue weighted by Crippen LogP contribution is 2.22. The summed E-state index contributed by atoms with van der Waals surface area (Å²) < 4.78 is 0. The standard InChI is InChI=1S/C24H28Cl2N2O2S/c1-17(24(30)27-21-10-3-4-11-21)28(14-19-8-2-5-12-22(19)26)23(29)16-31-15-18-7-6-9-20(25)13-18/h2,5-9,12-13,17,21H,3-4,10-11,14-16H2,1H3,(H,27,30)/t17-/m1/s1. The third kappa shape index (κ3) is 7.16. The molecule has 0 aromatic heterocycles. The highest BCUT2D eigenvalue weighted by atomic mass is 35.5. The minimum atomic E-state index is -0.573. The third-order valence-electron chi connectivity index (χ3n) is 5.55. The van der Waals surface area contributed by atoms with Crippen LogP contribution in [0.15, 0.2) is 48.5 Å². The lowest BCUT2D eigenvalue weighted by Gasteiger charge is -2.30. The molecule has 31 heavy (non-hydrogen) atoms. The summed E-state index contributed by atoms with van der Waals surface area (Å²) in [4.78, 5) is 27.7. The Labute approximate surface area is 198 Å². The molecule has 0 radical (unpaired) electrons. The average molecular weight is 479 g/mol. The molecule has 2 aromatic carbocycles. The van der Waals surface area contributed by atoms with Crippen molar-refractivity contribution in [2.45, 2.75) is 57.0 Å². The number of nitrogens with zero attached hydrogens (tertiary/aromatic N) is 1. The van der Waals surface area contributed by atoms with Gasteiger partial charge in [0.05, 0.1) is 5.75 Å². The summed E-state index contributed by atoms with van der Waals surface area (Å²) in [5, 5.41) is 4.39. The largest absolute Gasteiger partial charge is 0.352 e. The van der Waals surface area contributed by atoms with Gasteiger partial charge in [-0.1, -0.05) is 66.4 Å². The SMILES string of the molecule is C[C@H](C(=O)NC1CCCC1)N(Cc1ccccc1Cl)C(=O)CSCc1cccc(Cl)c1. The Kier molecular flexibility index (Phi) is 9.12. The van der Waals surface area contributed by atoms with E-state index in [2.05, 4.69) is 5.32 Å².